The normalized spacial score (nSPS) is 20.0. The molecule has 2 N–H and O–H groups in total. The molecule has 0 amide bonds. The van der Waals surface area contributed by atoms with E-state index in [0.29, 0.717) is 35.4 Å². The van der Waals surface area contributed by atoms with Crippen molar-refractivity contribution in [3.8, 4) is 0 Å². The average Bonchev–Trinajstić information content (AvgIpc) is 2.80. The van der Waals surface area contributed by atoms with Crippen LogP contribution in [-0.4, -0.2) is 45.5 Å². The Morgan fingerprint density at radius 2 is 2.00 bits per heavy atom. The van der Waals surface area contributed by atoms with Crippen molar-refractivity contribution in [3.05, 3.63) is 33.8 Å². The fourth-order valence-corrected chi connectivity index (χ4v) is 4.63. The molecule has 1 aromatic carbocycles. The third kappa shape index (κ3) is 6.28. The number of benzene rings is 1. The number of nitrogens with one attached hydrogen (secondary N) is 2. The van der Waals surface area contributed by atoms with E-state index in [9.17, 15) is 8.42 Å². The first-order valence-corrected chi connectivity index (χ1v) is 9.59. The highest BCUT2D eigenvalue weighted by Crippen LogP contribution is 2.24. The fourth-order valence-electron chi connectivity index (χ4n) is 2.37. The number of guanidine groups is 1. The van der Waals surface area contributed by atoms with Crippen molar-refractivity contribution in [2.75, 3.05) is 25.1 Å². The topological polar surface area (TPSA) is 70.6 Å². The zero-order valence-corrected chi connectivity index (χ0v) is 17.3. The summed E-state index contributed by atoms with van der Waals surface area (Å²) in [7, 11) is -1.25. The molecule has 2 rings (SSSR count). The summed E-state index contributed by atoms with van der Waals surface area (Å²) in [6.45, 7) is 0.600. The van der Waals surface area contributed by atoms with E-state index in [4.69, 9.17) is 23.2 Å². The summed E-state index contributed by atoms with van der Waals surface area (Å²) in [5.41, 5.74) is 0.886. The molecule has 1 aliphatic rings. The first-order chi connectivity index (χ1) is 10.4. The average molecular weight is 492 g/mol. The maximum Gasteiger partial charge on any atom is 0.191 e. The third-order valence-electron chi connectivity index (χ3n) is 3.53. The van der Waals surface area contributed by atoms with E-state index in [1.807, 2.05) is 6.07 Å². The van der Waals surface area contributed by atoms with Crippen LogP contribution in [-0.2, 0) is 16.3 Å². The van der Waals surface area contributed by atoms with Crippen molar-refractivity contribution in [1.82, 2.24) is 10.6 Å². The second-order valence-electron chi connectivity index (χ2n) is 5.19. The number of rotatable bonds is 4. The lowest BCUT2D eigenvalue weighted by Gasteiger charge is -2.16. The lowest BCUT2D eigenvalue weighted by Crippen LogP contribution is -2.44. The van der Waals surface area contributed by atoms with E-state index >= 15 is 0 Å². The minimum absolute atomic E-state index is 0. The summed E-state index contributed by atoms with van der Waals surface area (Å²) in [5.74, 6) is 0.978. The maximum absolute atomic E-state index is 11.5. The molecule has 5 nitrogen and oxygen atoms in total. The van der Waals surface area contributed by atoms with Crippen LogP contribution < -0.4 is 10.6 Å². The van der Waals surface area contributed by atoms with E-state index in [2.05, 4.69) is 15.6 Å². The monoisotopic (exact) mass is 491 g/mol. The third-order valence-corrected chi connectivity index (χ3v) is 6.00. The van der Waals surface area contributed by atoms with Gasteiger partial charge in [0.25, 0.3) is 0 Å². The second-order valence-corrected chi connectivity index (χ2v) is 8.24. The second kappa shape index (κ2) is 9.29. The molecular weight excluding hydrogens is 472 g/mol. The van der Waals surface area contributed by atoms with Crippen LogP contribution in [0.15, 0.2) is 23.2 Å². The molecule has 0 bridgehead atoms. The molecule has 23 heavy (non-hydrogen) atoms. The molecule has 1 heterocycles. The highest BCUT2D eigenvalue weighted by atomic mass is 127. The maximum atomic E-state index is 11.5. The van der Waals surface area contributed by atoms with Crippen LogP contribution in [0, 0.1) is 0 Å². The predicted molar refractivity (Wildman–Crippen MR) is 107 cm³/mol. The van der Waals surface area contributed by atoms with E-state index in [1.165, 1.54) is 0 Å². The Balaban J connectivity index is 0.00000264. The molecule has 0 radical (unpaired) electrons. The van der Waals surface area contributed by atoms with Gasteiger partial charge in [-0.2, -0.15) is 0 Å². The molecule has 1 fully saturated rings. The van der Waals surface area contributed by atoms with Crippen molar-refractivity contribution < 1.29 is 8.42 Å². The summed E-state index contributed by atoms with van der Waals surface area (Å²) in [6, 6.07) is 5.33. The van der Waals surface area contributed by atoms with Crippen LogP contribution in [0.5, 0.6) is 0 Å². The van der Waals surface area contributed by atoms with Gasteiger partial charge >= 0.3 is 0 Å². The fraction of sp³-hybridized carbons (Fsp3) is 0.500. The molecule has 0 aliphatic carbocycles. The van der Waals surface area contributed by atoms with Gasteiger partial charge in [0, 0.05) is 29.7 Å². The Hall–Kier alpha value is -0.250. The molecule has 9 heteroatoms. The van der Waals surface area contributed by atoms with Crippen LogP contribution >= 0.6 is 47.2 Å². The van der Waals surface area contributed by atoms with Gasteiger partial charge in [-0.25, -0.2) is 8.42 Å². The minimum atomic E-state index is -2.90. The molecule has 1 aliphatic heterocycles. The Labute approximate surface area is 164 Å². The van der Waals surface area contributed by atoms with Crippen LogP contribution in [0.4, 0.5) is 0 Å². The number of hydrogen-bond donors (Lipinski definition) is 2. The van der Waals surface area contributed by atoms with E-state index in [0.717, 1.165) is 5.56 Å². The Kier molecular flexibility index (Phi) is 8.40. The van der Waals surface area contributed by atoms with Gasteiger partial charge in [-0.15, -0.1) is 24.0 Å². The van der Waals surface area contributed by atoms with Crippen molar-refractivity contribution in [3.63, 3.8) is 0 Å². The predicted octanol–water partition coefficient (Wildman–Crippen LogP) is 2.51. The lowest BCUT2D eigenvalue weighted by molar-refractivity contribution is 0.599. The van der Waals surface area contributed by atoms with Gasteiger partial charge < -0.3 is 10.6 Å². The SMILES string of the molecule is CN=C(NCCc1c(Cl)cccc1Cl)NC1CCS(=O)(=O)C1.I. The minimum Gasteiger partial charge on any atom is -0.356 e. The van der Waals surface area contributed by atoms with Gasteiger partial charge in [-0.05, 0) is 30.5 Å². The zero-order valence-electron chi connectivity index (χ0n) is 12.7. The van der Waals surface area contributed by atoms with E-state index in [-0.39, 0.29) is 41.5 Å². The molecule has 0 spiro atoms. The van der Waals surface area contributed by atoms with Crippen LogP contribution in [0.2, 0.25) is 10.0 Å². The van der Waals surface area contributed by atoms with Crippen molar-refractivity contribution >= 4 is 63.0 Å². The number of halogens is 3. The molecular formula is C14H20Cl2IN3O2S. The van der Waals surface area contributed by atoms with Crippen LogP contribution in [0.1, 0.15) is 12.0 Å². The molecule has 0 saturated carbocycles. The first-order valence-electron chi connectivity index (χ1n) is 7.02. The van der Waals surface area contributed by atoms with Crippen molar-refractivity contribution in [2.45, 2.75) is 18.9 Å². The van der Waals surface area contributed by atoms with Gasteiger partial charge in [-0.3, -0.25) is 4.99 Å². The molecule has 130 valence electrons. The van der Waals surface area contributed by atoms with Crippen LogP contribution in [0.3, 0.4) is 0 Å². The molecule has 1 unspecified atom stereocenters. The van der Waals surface area contributed by atoms with Gasteiger partial charge in [0.2, 0.25) is 0 Å². The number of nitrogens with zero attached hydrogens (tertiary/aromatic N) is 1. The van der Waals surface area contributed by atoms with Gasteiger partial charge in [0.1, 0.15) is 0 Å². The summed E-state index contributed by atoms with van der Waals surface area (Å²) in [4.78, 5) is 4.11. The highest BCUT2D eigenvalue weighted by Gasteiger charge is 2.28. The lowest BCUT2D eigenvalue weighted by atomic mass is 10.1. The number of aliphatic imine (C=N–C) groups is 1. The summed E-state index contributed by atoms with van der Waals surface area (Å²) >= 11 is 12.2. The van der Waals surface area contributed by atoms with E-state index < -0.39 is 9.84 Å². The molecule has 0 aromatic heterocycles. The summed E-state index contributed by atoms with van der Waals surface area (Å²) < 4.78 is 22.9. The van der Waals surface area contributed by atoms with Crippen molar-refractivity contribution in [2.24, 2.45) is 4.99 Å². The Morgan fingerprint density at radius 3 is 2.52 bits per heavy atom. The highest BCUT2D eigenvalue weighted by molar-refractivity contribution is 14.0. The van der Waals surface area contributed by atoms with Crippen LogP contribution in [0.25, 0.3) is 0 Å². The quantitative estimate of drug-likeness (QED) is 0.385. The Morgan fingerprint density at radius 1 is 1.35 bits per heavy atom. The molecule has 1 aromatic rings. The summed E-state index contributed by atoms with van der Waals surface area (Å²) in [5, 5.41) is 7.56. The number of hydrogen-bond acceptors (Lipinski definition) is 3. The first kappa shape index (κ1) is 20.8. The zero-order chi connectivity index (χ0) is 16.2. The largest absolute Gasteiger partial charge is 0.356 e. The molecule has 1 saturated heterocycles. The molecule has 1 atom stereocenters. The standard InChI is InChI=1S/C14H19Cl2N3O2S.HI/c1-17-14(19-10-6-8-22(20,21)9-10)18-7-5-11-12(15)3-2-4-13(11)16;/h2-4,10H,5-9H2,1H3,(H2,17,18,19);1H. The Bertz CT molecular complexity index is 648. The number of sulfone groups is 1. The van der Waals surface area contributed by atoms with Crippen molar-refractivity contribution in [1.29, 1.82) is 0 Å². The smallest absolute Gasteiger partial charge is 0.191 e. The van der Waals surface area contributed by atoms with Gasteiger partial charge in [0.05, 0.1) is 11.5 Å². The van der Waals surface area contributed by atoms with Gasteiger partial charge in [-0.1, -0.05) is 29.3 Å². The van der Waals surface area contributed by atoms with E-state index in [1.54, 1.807) is 19.2 Å². The summed E-state index contributed by atoms with van der Waals surface area (Å²) in [6.07, 6.45) is 1.27. The van der Waals surface area contributed by atoms with Gasteiger partial charge in [0.15, 0.2) is 15.8 Å².